The van der Waals surface area contributed by atoms with Crippen LogP contribution in [0.3, 0.4) is 0 Å². The number of halogens is 3. The Morgan fingerprint density at radius 3 is 2.15 bits per heavy atom. The number of rotatable bonds is 6. The Bertz CT molecular complexity index is 1130. The van der Waals surface area contributed by atoms with Crippen molar-refractivity contribution in [2.24, 2.45) is 23.6 Å². The van der Waals surface area contributed by atoms with E-state index in [0.29, 0.717) is 24.1 Å². The molecular formula is C27H33F3N3O5S-. The van der Waals surface area contributed by atoms with Crippen LogP contribution in [0.5, 0.6) is 0 Å². The molecule has 4 rings (SSSR count). The molecule has 1 amide bonds. The molecule has 3 N–H and O–H groups in total. The van der Waals surface area contributed by atoms with Crippen molar-refractivity contribution < 1.29 is 37.8 Å². The van der Waals surface area contributed by atoms with Crippen molar-refractivity contribution in [1.82, 2.24) is 5.01 Å². The highest BCUT2D eigenvalue weighted by molar-refractivity contribution is 7.18. The first-order valence-electron chi connectivity index (χ1n) is 12.9. The lowest BCUT2D eigenvalue weighted by Crippen LogP contribution is -2.45. The van der Waals surface area contributed by atoms with E-state index in [-0.39, 0.29) is 16.7 Å². The Morgan fingerprint density at radius 1 is 1.08 bits per heavy atom. The van der Waals surface area contributed by atoms with E-state index in [2.05, 4.69) is 6.92 Å². The van der Waals surface area contributed by atoms with Crippen LogP contribution in [0, 0.1) is 17.8 Å². The van der Waals surface area contributed by atoms with Crippen LogP contribution in [0.25, 0.3) is 10.4 Å². The lowest BCUT2D eigenvalue weighted by molar-refractivity contribution is -0.344. The summed E-state index contributed by atoms with van der Waals surface area (Å²) < 4.78 is 31.5. The summed E-state index contributed by atoms with van der Waals surface area (Å²) in [7, 11) is 0. The summed E-state index contributed by atoms with van der Waals surface area (Å²) in [6.45, 7) is 4.41. The van der Waals surface area contributed by atoms with Crippen LogP contribution in [0.2, 0.25) is 0 Å². The van der Waals surface area contributed by atoms with Gasteiger partial charge in [-0.25, -0.2) is 9.80 Å². The van der Waals surface area contributed by atoms with Crippen LogP contribution >= 0.6 is 11.3 Å². The minimum Gasteiger partial charge on any atom is -0.542 e. The molecule has 1 aromatic carbocycles. The van der Waals surface area contributed by atoms with Crippen LogP contribution in [0.15, 0.2) is 36.4 Å². The number of aromatic carboxylic acids is 1. The van der Waals surface area contributed by atoms with Gasteiger partial charge in [-0.2, -0.15) is 13.2 Å². The molecule has 0 spiro atoms. The van der Waals surface area contributed by atoms with Gasteiger partial charge in [0.1, 0.15) is 10.8 Å². The van der Waals surface area contributed by atoms with Gasteiger partial charge >= 0.3 is 12.1 Å². The monoisotopic (exact) mass is 568 g/mol. The van der Waals surface area contributed by atoms with Crippen molar-refractivity contribution >= 4 is 34.9 Å². The topological polar surface area (TPSA) is 127 Å². The van der Waals surface area contributed by atoms with Crippen molar-refractivity contribution in [3.05, 3.63) is 41.3 Å². The van der Waals surface area contributed by atoms with Gasteiger partial charge in [0.15, 0.2) is 0 Å². The number of carbonyl (C=O) groups is 3. The third kappa shape index (κ3) is 8.51. The number of carboxylic acids is 2. The second kappa shape index (κ2) is 13.4. The highest BCUT2D eigenvalue weighted by Crippen LogP contribution is 2.39. The van der Waals surface area contributed by atoms with Gasteiger partial charge in [0.25, 0.3) is 0 Å². The molecular weight excluding hydrogens is 535 g/mol. The largest absolute Gasteiger partial charge is 0.542 e. The van der Waals surface area contributed by atoms with E-state index < -0.39 is 18.1 Å². The first kappa shape index (κ1) is 30.6. The number of anilines is 1. The van der Waals surface area contributed by atoms with Crippen LogP contribution in [-0.2, 0) is 9.59 Å². The molecule has 214 valence electrons. The molecule has 2 aliphatic rings. The van der Waals surface area contributed by atoms with Crippen LogP contribution in [0.1, 0.15) is 55.1 Å². The number of amides is 1. The summed E-state index contributed by atoms with van der Waals surface area (Å²) in [6, 6.07) is 11.7. The highest BCUT2D eigenvalue weighted by Gasteiger charge is 2.34. The zero-order valence-corrected chi connectivity index (χ0v) is 22.5. The lowest BCUT2D eigenvalue weighted by atomic mass is 9.82. The molecule has 0 bridgehead atoms. The molecule has 1 saturated carbocycles. The Hall–Kier alpha value is -2.96. The lowest BCUT2D eigenvalue weighted by Gasteiger charge is -2.35. The summed E-state index contributed by atoms with van der Waals surface area (Å²) >= 11 is 1.25. The fraction of sp³-hybridized carbons (Fsp3) is 0.519. The summed E-state index contributed by atoms with van der Waals surface area (Å²) in [5.74, 6) is 3.00. The Kier molecular flexibility index (Phi) is 10.5. The quantitative estimate of drug-likeness (QED) is 0.501. The molecule has 2 fully saturated rings. The first-order chi connectivity index (χ1) is 18.4. The Balaban J connectivity index is 0.000000532. The summed E-state index contributed by atoms with van der Waals surface area (Å²) in [6.07, 6.45) is 0.521. The fourth-order valence-corrected chi connectivity index (χ4v) is 5.91. The normalized spacial score (nSPS) is 20.5. The number of carboxylic acid groups (broad SMARTS) is 2. The number of hydrazine groups is 1. The fourth-order valence-electron chi connectivity index (χ4n) is 4.91. The number of alkyl halides is 3. The van der Waals surface area contributed by atoms with Gasteiger partial charge in [0, 0.05) is 30.4 Å². The van der Waals surface area contributed by atoms with E-state index in [1.54, 1.807) is 0 Å². The van der Waals surface area contributed by atoms with E-state index in [0.717, 1.165) is 62.1 Å². The second-order valence-corrected chi connectivity index (χ2v) is 11.2. The van der Waals surface area contributed by atoms with Gasteiger partial charge in [-0.1, -0.05) is 37.3 Å². The number of thiophene rings is 1. The number of hydrogen-bond donors (Lipinski definition) is 2. The molecule has 12 heteroatoms. The van der Waals surface area contributed by atoms with Gasteiger partial charge in [-0.3, -0.25) is 10.6 Å². The van der Waals surface area contributed by atoms with Crippen molar-refractivity contribution in [3.63, 3.8) is 0 Å². The number of hydrogen-bond acceptors (Lipinski definition) is 7. The third-order valence-corrected chi connectivity index (χ3v) is 8.37. The van der Waals surface area contributed by atoms with Gasteiger partial charge in [0.2, 0.25) is 5.91 Å². The van der Waals surface area contributed by atoms with Crippen molar-refractivity contribution in [2.45, 2.75) is 51.6 Å². The van der Waals surface area contributed by atoms with Crippen molar-refractivity contribution in [1.29, 1.82) is 0 Å². The summed E-state index contributed by atoms with van der Waals surface area (Å²) in [4.78, 5) is 37.7. The maximum absolute atomic E-state index is 13.8. The van der Waals surface area contributed by atoms with E-state index in [9.17, 15) is 27.9 Å². The standard InChI is InChI=1S/C25H33N3O3S.C2HF3O2/c1-17-7-9-20(10-8-17)24(29)28(16-18-11-13-27(26)14-12-18)21-15-22(32-23(21)25(30)31)19-5-3-2-4-6-19;3-2(4,5)1(6)7/h2-6,15,17-18,20H,7-14,16,26H2,1H3,(H,30,31);(H,6,7)/p-1. The highest BCUT2D eigenvalue weighted by atomic mass is 32.1. The number of nitrogens with two attached hydrogens (primary N) is 1. The molecule has 2 heterocycles. The van der Waals surface area contributed by atoms with Gasteiger partial charge in [-0.15, -0.1) is 11.3 Å². The molecule has 1 aliphatic carbocycles. The number of piperidine rings is 1. The zero-order chi connectivity index (χ0) is 28.7. The van der Waals surface area contributed by atoms with E-state index in [1.165, 1.54) is 11.3 Å². The molecule has 8 nitrogen and oxygen atoms in total. The summed E-state index contributed by atoms with van der Waals surface area (Å²) in [5.41, 5.74) is 1.53. The number of nitrogens with zero attached hydrogens (tertiary/aromatic N) is 2. The van der Waals surface area contributed by atoms with E-state index in [1.807, 2.05) is 46.3 Å². The smallest absolute Gasteiger partial charge is 0.430 e. The predicted molar refractivity (Wildman–Crippen MR) is 140 cm³/mol. The third-order valence-electron chi connectivity index (χ3n) is 7.21. The Labute approximate surface area is 229 Å². The average molecular weight is 569 g/mol. The molecule has 2 aromatic rings. The average Bonchev–Trinajstić information content (AvgIpc) is 3.34. The maximum Gasteiger partial charge on any atom is 0.430 e. The maximum atomic E-state index is 13.8. The van der Waals surface area contributed by atoms with Crippen LogP contribution in [-0.4, -0.2) is 53.8 Å². The number of aliphatic carboxylic acids is 1. The van der Waals surface area contributed by atoms with E-state index >= 15 is 0 Å². The molecule has 1 aromatic heterocycles. The first-order valence-corrected chi connectivity index (χ1v) is 13.7. The minimum absolute atomic E-state index is 0.0254. The van der Waals surface area contributed by atoms with E-state index in [4.69, 9.17) is 15.7 Å². The van der Waals surface area contributed by atoms with Gasteiger partial charge in [-0.05, 0) is 62.0 Å². The number of benzene rings is 1. The van der Waals surface area contributed by atoms with Crippen molar-refractivity contribution in [3.8, 4) is 10.4 Å². The molecule has 1 aliphatic heterocycles. The minimum atomic E-state index is -5.19. The zero-order valence-electron chi connectivity index (χ0n) is 21.7. The molecule has 1 saturated heterocycles. The number of carbonyl (C=O) groups excluding carboxylic acids is 2. The second-order valence-electron chi connectivity index (χ2n) is 10.2. The van der Waals surface area contributed by atoms with Crippen LogP contribution in [0.4, 0.5) is 18.9 Å². The molecule has 0 radical (unpaired) electrons. The van der Waals surface area contributed by atoms with Gasteiger partial charge < -0.3 is 19.9 Å². The molecule has 0 atom stereocenters. The van der Waals surface area contributed by atoms with Crippen LogP contribution < -0.4 is 15.8 Å². The predicted octanol–water partition coefficient (Wildman–Crippen LogP) is 4.16. The Morgan fingerprint density at radius 2 is 1.64 bits per heavy atom. The molecule has 0 unspecified atom stereocenters. The van der Waals surface area contributed by atoms with Gasteiger partial charge in [0.05, 0.1) is 5.69 Å². The molecule has 39 heavy (non-hydrogen) atoms. The van der Waals surface area contributed by atoms with Crippen molar-refractivity contribution in [2.75, 3.05) is 24.5 Å². The summed E-state index contributed by atoms with van der Waals surface area (Å²) in [5, 5.41) is 20.6. The SMILES string of the molecule is CC1CCC(C(=O)N(CC2CCN(N)CC2)c2cc(-c3ccccc3)sc2C(=O)O)CC1.O=C([O-])C(F)(F)F.